The Labute approximate surface area is 172 Å². The minimum Gasteiger partial charge on any atom is -0.364 e. The van der Waals surface area contributed by atoms with Crippen molar-refractivity contribution >= 4 is 15.7 Å². The Bertz CT molecular complexity index is 1200. The summed E-state index contributed by atoms with van der Waals surface area (Å²) in [6.07, 6.45) is 3.77. The normalized spacial score (nSPS) is 13.6. The molecule has 0 aliphatic carbocycles. The number of hydroxylamine groups is 1. The van der Waals surface area contributed by atoms with Gasteiger partial charge in [0.05, 0.1) is 0 Å². The van der Waals surface area contributed by atoms with E-state index in [2.05, 4.69) is 5.16 Å². The van der Waals surface area contributed by atoms with Gasteiger partial charge in [-0.15, -0.1) is 0 Å². The van der Waals surface area contributed by atoms with E-state index >= 15 is 0 Å². The molecule has 10 heteroatoms. The van der Waals surface area contributed by atoms with Crippen molar-refractivity contribution in [3.63, 3.8) is 0 Å². The molecular weight excluding hydrogens is 410 g/mol. The van der Waals surface area contributed by atoms with E-state index in [1.165, 1.54) is 29.3 Å². The van der Waals surface area contributed by atoms with Crippen LogP contribution in [-0.4, -0.2) is 40.3 Å². The molecule has 1 atom stereocenters. The van der Waals surface area contributed by atoms with E-state index < -0.39 is 20.5 Å². The second-order valence-electron chi connectivity index (χ2n) is 7.10. The average molecular weight is 431 g/mol. The number of nitrogens with one attached hydrogen (secondary N) is 1. The number of hydrogen-bond donors (Lipinski definition) is 2. The summed E-state index contributed by atoms with van der Waals surface area (Å²) in [5.74, 6) is -1.04. The van der Waals surface area contributed by atoms with Gasteiger partial charge in [-0.3, -0.25) is 14.8 Å². The molecule has 30 heavy (non-hydrogen) atoms. The largest absolute Gasteiger partial charge is 0.364 e. The number of benzene rings is 1. The number of carbonyl (C=O) groups excluding carboxylic acids is 1. The van der Waals surface area contributed by atoms with Gasteiger partial charge in [-0.05, 0) is 30.5 Å². The zero-order chi connectivity index (χ0) is 21.9. The lowest BCUT2D eigenvalue weighted by Crippen LogP contribution is -2.49. The molecule has 2 heterocycles. The molecule has 1 aromatic carbocycles. The Morgan fingerprint density at radius 1 is 1.17 bits per heavy atom. The molecular formula is C20H21N3O6S. The Morgan fingerprint density at radius 2 is 1.83 bits per heavy atom. The highest BCUT2D eigenvalue weighted by Crippen LogP contribution is 2.24. The van der Waals surface area contributed by atoms with Crippen molar-refractivity contribution in [2.75, 3.05) is 6.26 Å². The van der Waals surface area contributed by atoms with E-state index in [0.717, 1.165) is 17.4 Å². The minimum atomic E-state index is -3.83. The van der Waals surface area contributed by atoms with Crippen LogP contribution in [0.15, 0.2) is 64.2 Å². The Kier molecular flexibility index (Phi) is 5.90. The summed E-state index contributed by atoms with van der Waals surface area (Å²) in [5, 5.41) is 12.8. The van der Waals surface area contributed by atoms with Crippen LogP contribution in [0, 0.1) is 0 Å². The van der Waals surface area contributed by atoms with Crippen molar-refractivity contribution in [1.82, 2.24) is 15.2 Å². The second-order valence-corrected chi connectivity index (χ2v) is 9.55. The van der Waals surface area contributed by atoms with Crippen LogP contribution in [0.3, 0.4) is 0 Å². The van der Waals surface area contributed by atoms with Crippen LogP contribution in [0.25, 0.3) is 22.4 Å². The van der Waals surface area contributed by atoms with Gasteiger partial charge in [-0.25, -0.2) is 13.9 Å². The molecule has 0 bridgehead atoms. The van der Waals surface area contributed by atoms with Gasteiger partial charge in [0.25, 0.3) is 11.5 Å². The smallest absolute Gasteiger partial charge is 0.264 e. The molecule has 0 saturated heterocycles. The molecule has 0 saturated carbocycles. The molecule has 0 radical (unpaired) electrons. The summed E-state index contributed by atoms with van der Waals surface area (Å²) < 4.78 is 28.4. The lowest BCUT2D eigenvalue weighted by molar-refractivity contribution is -0.131. The van der Waals surface area contributed by atoms with Crippen LogP contribution in [0.4, 0.5) is 0 Å². The standard InChI is InChI=1S/C20H21N3O6S/c1-20(19(25)21-26,30(2,27)28)9-11-23-10-7-16(13-18(23)24)14-3-5-15(6-4-14)17-8-12-29-22-17/h3-8,10,12-13,26H,9,11H2,1-2H3,(H,21,25)/t20-/m1/s1. The molecule has 0 unspecified atom stereocenters. The maximum atomic E-state index is 12.5. The topological polar surface area (TPSA) is 132 Å². The lowest BCUT2D eigenvalue weighted by atomic mass is 10.0. The number of rotatable bonds is 7. The first kappa shape index (κ1) is 21.5. The Balaban J connectivity index is 1.80. The molecule has 3 rings (SSSR count). The first-order valence-electron chi connectivity index (χ1n) is 9.01. The van der Waals surface area contributed by atoms with Crippen LogP contribution in [-0.2, 0) is 21.2 Å². The maximum Gasteiger partial charge on any atom is 0.264 e. The molecule has 3 aromatic rings. The highest BCUT2D eigenvalue weighted by atomic mass is 32.2. The highest BCUT2D eigenvalue weighted by molar-refractivity contribution is 7.92. The summed E-state index contributed by atoms with van der Waals surface area (Å²) in [5.41, 5.74) is 4.16. The van der Waals surface area contributed by atoms with Crippen LogP contribution >= 0.6 is 0 Å². The quantitative estimate of drug-likeness (QED) is 0.431. The molecule has 2 N–H and O–H groups in total. The number of amides is 1. The van der Waals surface area contributed by atoms with Crippen LogP contribution in [0.5, 0.6) is 0 Å². The van der Waals surface area contributed by atoms with Gasteiger partial charge in [0, 0.05) is 36.7 Å². The predicted molar refractivity (Wildman–Crippen MR) is 109 cm³/mol. The zero-order valence-corrected chi connectivity index (χ0v) is 17.2. The highest BCUT2D eigenvalue weighted by Gasteiger charge is 2.43. The monoisotopic (exact) mass is 431 g/mol. The summed E-state index contributed by atoms with van der Waals surface area (Å²) in [7, 11) is -3.83. The van der Waals surface area contributed by atoms with E-state index in [1.807, 2.05) is 24.3 Å². The van der Waals surface area contributed by atoms with E-state index in [9.17, 15) is 18.0 Å². The van der Waals surface area contributed by atoms with Gasteiger partial charge in [0.2, 0.25) is 0 Å². The Hall–Kier alpha value is -3.24. The summed E-state index contributed by atoms with van der Waals surface area (Å²) >= 11 is 0. The van der Waals surface area contributed by atoms with Gasteiger partial charge >= 0.3 is 0 Å². The number of nitrogens with zero attached hydrogens (tertiary/aromatic N) is 2. The third kappa shape index (κ3) is 4.19. The number of carbonyl (C=O) groups is 1. The van der Waals surface area contributed by atoms with Crippen LogP contribution < -0.4 is 11.0 Å². The fourth-order valence-corrected chi connectivity index (χ4v) is 3.83. The molecule has 9 nitrogen and oxygen atoms in total. The van der Waals surface area contributed by atoms with E-state index in [0.29, 0.717) is 11.3 Å². The number of sulfone groups is 1. The predicted octanol–water partition coefficient (Wildman–Crippen LogP) is 1.87. The number of aromatic nitrogens is 2. The average Bonchev–Trinajstić information content (AvgIpc) is 3.26. The molecule has 0 fully saturated rings. The van der Waals surface area contributed by atoms with E-state index in [1.54, 1.807) is 18.3 Å². The van der Waals surface area contributed by atoms with Gasteiger partial charge < -0.3 is 9.09 Å². The maximum absolute atomic E-state index is 12.5. The van der Waals surface area contributed by atoms with Crippen molar-refractivity contribution in [3.8, 4) is 22.4 Å². The molecule has 2 aromatic heterocycles. The fraction of sp³-hybridized carbons (Fsp3) is 0.250. The molecule has 1 amide bonds. The lowest BCUT2D eigenvalue weighted by Gasteiger charge is -2.25. The SMILES string of the molecule is C[C@@](CCn1ccc(-c2ccc(-c3ccon3)cc2)cc1=O)(C(=O)NO)S(C)(=O)=O. The third-order valence-corrected chi connectivity index (χ3v) is 7.20. The van der Waals surface area contributed by atoms with E-state index in [4.69, 9.17) is 9.73 Å². The Morgan fingerprint density at radius 3 is 2.37 bits per heavy atom. The van der Waals surface area contributed by atoms with Crippen molar-refractivity contribution in [1.29, 1.82) is 0 Å². The van der Waals surface area contributed by atoms with E-state index in [-0.39, 0.29) is 18.5 Å². The molecule has 158 valence electrons. The van der Waals surface area contributed by atoms with Crippen molar-refractivity contribution in [2.24, 2.45) is 0 Å². The summed E-state index contributed by atoms with van der Waals surface area (Å²) in [4.78, 5) is 24.4. The number of pyridine rings is 1. The van der Waals surface area contributed by atoms with Crippen molar-refractivity contribution in [3.05, 3.63) is 65.3 Å². The van der Waals surface area contributed by atoms with Gasteiger partial charge in [-0.1, -0.05) is 29.4 Å². The minimum absolute atomic E-state index is 0.0127. The fourth-order valence-electron chi connectivity index (χ4n) is 2.99. The summed E-state index contributed by atoms with van der Waals surface area (Å²) in [6.45, 7) is 1.20. The molecule has 0 spiro atoms. The zero-order valence-electron chi connectivity index (χ0n) is 16.4. The van der Waals surface area contributed by atoms with Crippen LogP contribution in [0.1, 0.15) is 13.3 Å². The van der Waals surface area contributed by atoms with Crippen molar-refractivity contribution < 1.29 is 22.9 Å². The van der Waals surface area contributed by atoms with Gasteiger partial charge in [0.15, 0.2) is 14.6 Å². The number of aryl methyl sites for hydroxylation is 1. The first-order valence-corrected chi connectivity index (χ1v) is 10.9. The number of hydrogen-bond acceptors (Lipinski definition) is 7. The molecule has 0 aliphatic rings. The van der Waals surface area contributed by atoms with Crippen molar-refractivity contribution in [2.45, 2.75) is 24.6 Å². The second kappa shape index (κ2) is 8.25. The summed E-state index contributed by atoms with van der Waals surface area (Å²) in [6, 6.07) is 12.4. The van der Waals surface area contributed by atoms with Crippen LogP contribution in [0.2, 0.25) is 0 Å². The molecule has 0 aliphatic heterocycles. The van der Waals surface area contributed by atoms with Gasteiger partial charge in [-0.2, -0.15) is 0 Å². The first-order chi connectivity index (χ1) is 14.2. The third-order valence-electron chi connectivity index (χ3n) is 5.18. The van der Waals surface area contributed by atoms with Gasteiger partial charge in [0.1, 0.15) is 12.0 Å².